The van der Waals surface area contributed by atoms with Gasteiger partial charge >= 0.3 is 0 Å². The fourth-order valence-corrected chi connectivity index (χ4v) is 4.18. The van der Waals surface area contributed by atoms with Gasteiger partial charge in [-0.3, -0.25) is 0 Å². The van der Waals surface area contributed by atoms with Crippen LogP contribution in [0.2, 0.25) is 0 Å². The lowest BCUT2D eigenvalue weighted by Gasteiger charge is -2.15. The first-order chi connectivity index (χ1) is 16.2. The highest BCUT2D eigenvalue weighted by atomic mass is 32.2. The zero-order valence-corrected chi connectivity index (χ0v) is 21.0. The summed E-state index contributed by atoms with van der Waals surface area (Å²) in [5.74, 6) is 7.18. The van der Waals surface area contributed by atoms with Crippen LogP contribution in [-0.2, 0) is 6.42 Å². The molecule has 1 atom stereocenters. The molecule has 4 nitrogen and oxygen atoms in total. The molecular weight excluding hydrogens is 450 g/mol. The Balaban J connectivity index is 1.82. The van der Waals surface area contributed by atoms with Gasteiger partial charge in [0.15, 0.2) is 0 Å². The SMILES string of the molecule is C/C(=C\CSCC(C)C#N)CCN(N)/C=C(\N)CCc1ccc(-c2ccc(C)c(F)c2)cc1F. The summed E-state index contributed by atoms with van der Waals surface area (Å²) in [5.41, 5.74) is 10.3. The van der Waals surface area contributed by atoms with Crippen LogP contribution in [0.5, 0.6) is 0 Å². The summed E-state index contributed by atoms with van der Waals surface area (Å²) in [7, 11) is 0. The molecule has 2 aromatic rings. The molecule has 0 aliphatic heterocycles. The number of nitriles is 1. The van der Waals surface area contributed by atoms with E-state index in [1.165, 1.54) is 17.7 Å². The van der Waals surface area contributed by atoms with Crippen molar-refractivity contribution in [2.45, 2.75) is 40.0 Å². The number of nitrogens with two attached hydrogens (primary N) is 2. The van der Waals surface area contributed by atoms with Gasteiger partial charge in [0.05, 0.1) is 12.0 Å². The molecule has 4 N–H and O–H groups in total. The summed E-state index contributed by atoms with van der Waals surface area (Å²) in [6, 6.07) is 12.1. The largest absolute Gasteiger partial charge is 0.401 e. The molecule has 0 saturated heterocycles. The maximum Gasteiger partial charge on any atom is 0.127 e. The third-order valence-electron chi connectivity index (χ3n) is 5.48. The number of hydrogen-bond donors (Lipinski definition) is 2. The van der Waals surface area contributed by atoms with Gasteiger partial charge in [-0.1, -0.05) is 35.9 Å². The van der Waals surface area contributed by atoms with Crippen molar-refractivity contribution in [2.75, 3.05) is 18.1 Å². The van der Waals surface area contributed by atoms with Crippen molar-refractivity contribution in [3.8, 4) is 17.2 Å². The number of halogens is 2. The van der Waals surface area contributed by atoms with Crippen LogP contribution in [0.4, 0.5) is 8.78 Å². The number of rotatable bonds is 12. The summed E-state index contributed by atoms with van der Waals surface area (Å²) >= 11 is 1.74. The number of nitrogens with zero attached hydrogens (tertiary/aromatic N) is 2. The van der Waals surface area contributed by atoms with Gasteiger partial charge in [-0.2, -0.15) is 17.0 Å². The molecule has 2 rings (SSSR count). The van der Waals surface area contributed by atoms with Crippen LogP contribution >= 0.6 is 11.8 Å². The van der Waals surface area contributed by atoms with E-state index in [0.717, 1.165) is 17.9 Å². The Labute approximate surface area is 206 Å². The maximum absolute atomic E-state index is 14.6. The summed E-state index contributed by atoms with van der Waals surface area (Å²) in [5, 5.41) is 10.4. The van der Waals surface area contributed by atoms with Crippen molar-refractivity contribution in [2.24, 2.45) is 17.5 Å². The lowest BCUT2D eigenvalue weighted by Crippen LogP contribution is -2.27. The van der Waals surface area contributed by atoms with E-state index < -0.39 is 0 Å². The lowest BCUT2D eigenvalue weighted by molar-refractivity contribution is 0.392. The topological polar surface area (TPSA) is 79.1 Å². The maximum atomic E-state index is 14.6. The predicted octanol–water partition coefficient (Wildman–Crippen LogP) is 6.08. The highest BCUT2D eigenvalue weighted by Gasteiger charge is 2.08. The molecule has 0 amide bonds. The van der Waals surface area contributed by atoms with Crippen molar-refractivity contribution in [1.29, 1.82) is 5.26 Å². The highest BCUT2D eigenvalue weighted by Crippen LogP contribution is 2.24. The monoisotopic (exact) mass is 484 g/mol. The Morgan fingerprint density at radius 2 is 1.82 bits per heavy atom. The second-order valence-electron chi connectivity index (χ2n) is 8.58. The molecule has 0 aliphatic carbocycles. The average molecular weight is 485 g/mol. The van der Waals surface area contributed by atoms with Gasteiger partial charge in [0, 0.05) is 29.9 Å². The molecule has 0 saturated carbocycles. The fraction of sp³-hybridized carbons (Fsp3) is 0.370. The van der Waals surface area contributed by atoms with Gasteiger partial charge in [-0.05, 0) is 74.4 Å². The number of thioether (sulfide) groups is 1. The number of aryl methyl sites for hydroxylation is 2. The minimum atomic E-state index is -0.335. The normalized spacial score (nSPS) is 13.0. The van der Waals surface area contributed by atoms with E-state index >= 15 is 0 Å². The van der Waals surface area contributed by atoms with Crippen LogP contribution in [0.25, 0.3) is 11.1 Å². The second kappa shape index (κ2) is 13.8. The summed E-state index contributed by atoms with van der Waals surface area (Å²) in [6.45, 7) is 6.30. The van der Waals surface area contributed by atoms with Gasteiger partial charge < -0.3 is 10.7 Å². The predicted molar refractivity (Wildman–Crippen MR) is 138 cm³/mol. The fourth-order valence-electron chi connectivity index (χ4n) is 3.21. The molecule has 0 aliphatic rings. The van der Waals surface area contributed by atoms with E-state index in [1.54, 1.807) is 54.2 Å². The van der Waals surface area contributed by atoms with Crippen molar-refractivity contribution in [3.63, 3.8) is 0 Å². The Morgan fingerprint density at radius 1 is 1.15 bits per heavy atom. The van der Waals surface area contributed by atoms with E-state index in [2.05, 4.69) is 19.1 Å². The van der Waals surface area contributed by atoms with Crippen molar-refractivity contribution >= 4 is 11.8 Å². The first-order valence-electron chi connectivity index (χ1n) is 11.3. The third kappa shape index (κ3) is 9.20. The Morgan fingerprint density at radius 3 is 2.47 bits per heavy atom. The first-order valence-corrected chi connectivity index (χ1v) is 12.5. The molecule has 34 heavy (non-hydrogen) atoms. The molecule has 0 radical (unpaired) electrons. The van der Waals surface area contributed by atoms with Crippen LogP contribution < -0.4 is 11.6 Å². The average Bonchev–Trinajstić information content (AvgIpc) is 2.81. The number of benzene rings is 2. The smallest absolute Gasteiger partial charge is 0.127 e. The van der Waals surface area contributed by atoms with Crippen LogP contribution in [0.1, 0.15) is 37.8 Å². The molecule has 0 spiro atoms. The summed E-state index contributed by atoms with van der Waals surface area (Å²) in [4.78, 5) is 0. The molecule has 1 unspecified atom stereocenters. The molecule has 0 fully saturated rings. The summed E-state index contributed by atoms with van der Waals surface area (Å²) < 4.78 is 28.4. The van der Waals surface area contributed by atoms with Gasteiger partial charge in [-0.15, -0.1) is 0 Å². The standard InChI is InChI=1S/C27H34F2N4S/c1-19(11-13-34-18-20(2)16-30)10-12-33(32)17-25(31)9-8-22-6-7-24(15-27(22)29)23-5-4-21(3)26(28)14-23/h4-7,11,14-15,17,20H,8-10,12-13,18,31-32H2,1-3H3/b19-11+,25-17-. The highest BCUT2D eigenvalue weighted by molar-refractivity contribution is 7.99. The van der Waals surface area contributed by atoms with Gasteiger partial charge in [-0.25, -0.2) is 14.6 Å². The molecule has 0 heterocycles. The zero-order valence-electron chi connectivity index (χ0n) is 20.2. The van der Waals surface area contributed by atoms with E-state index in [1.807, 2.05) is 6.92 Å². The third-order valence-corrected chi connectivity index (χ3v) is 6.61. The van der Waals surface area contributed by atoms with Crippen LogP contribution in [0.3, 0.4) is 0 Å². The minimum absolute atomic E-state index is 0.0653. The number of hydrogen-bond acceptors (Lipinski definition) is 5. The molecule has 0 aromatic heterocycles. The molecule has 2 aromatic carbocycles. The Kier molecular flexibility index (Phi) is 11.1. The Bertz CT molecular complexity index is 1060. The van der Waals surface area contributed by atoms with E-state index in [0.29, 0.717) is 47.3 Å². The number of hydrazine groups is 1. The van der Waals surface area contributed by atoms with Crippen molar-refractivity contribution in [3.05, 3.63) is 82.7 Å². The van der Waals surface area contributed by atoms with E-state index in [4.69, 9.17) is 16.8 Å². The molecule has 182 valence electrons. The quantitative estimate of drug-likeness (QED) is 0.165. The van der Waals surface area contributed by atoms with Gasteiger partial charge in [0.2, 0.25) is 0 Å². The number of allylic oxidation sites excluding steroid dienone is 1. The van der Waals surface area contributed by atoms with E-state index in [-0.39, 0.29) is 17.6 Å². The minimum Gasteiger partial charge on any atom is -0.401 e. The summed E-state index contributed by atoms with van der Waals surface area (Å²) in [6.07, 6.45) is 5.59. The first kappa shape index (κ1) is 27.4. The molecule has 7 heteroatoms. The molecule has 0 bridgehead atoms. The zero-order chi connectivity index (χ0) is 25.1. The second-order valence-corrected chi connectivity index (χ2v) is 9.65. The Hall–Kier alpha value is -2.82. The molecular formula is C27H34F2N4S. The van der Waals surface area contributed by atoms with Gasteiger partial charge in [0.25, 0.3) is 0 Å². The van der Waals surface area contributed by atoms with Gasteiger partial charge in [0.1, 0.15) is 11.6 Å². The van der Waals surface area contributed by atoms with Crippen LogP contribution in [-0.4, -0.2) is 23.1 Å². The lowest BCUT2D eigenvalue weighted by atomic mass is 10.00. The van der Waals surface area contributed by atoms with Crippen molar-refractivity contribution in [1.82, 2.24) is 5.01 Å². The van der Waals surface area contributed by atoms with Crippen LogP contribution in [0.15, 0.2) is 59.9 Å². The van der Waals surface area contributed by atoms with Crippen LogP contribution in [0, 0.1) is 35.8 Å². The van der Waals surface area contributed by atoms with E-state index in [9.17, 15) is 8.78 Å². The van der Waals surface area contributed by atoms with Crippen molar-refractivity contribution < 1.29 is 8.78 Å².